The van der Waals surface area contributed by atoms with Crippen molar-refractivity contribution in [3.05, 3.63) is 41.1 Å². The van der Waals surface area contributed by atoms with E-state index in [1.54, 1.807) is 4.90 Å². The van der Waals surface area contributed by atoms with Gasteiger partial charge in [0, 0.05) is 24.4 Å². The van der Waals surface area contributed by atoms with Crippen LogP contribution in [0.5, 0.6) is 0 Å². The zero-order valence-electron chi connectivity index (χ0n) is 17.5. The molecular formula is C22H29N3O3S. The van der Waals surface area contributed by atoms with Crippen molar-refractivity contribution in [1.29, 1.82) is 0 Å². The number of nitrogens with one attached hydrogen (secondary N) is 2. The predicted octanol–water partition coefficient (Wildman–Crippen LogP) is 3.76. The maximum atomic E-state index is 12.9. The zero-order valence-corrected chi connectivity index (χ0v) is 18.3. The third-order valence-electron chi connectivity index (χ3n) is 5.49. The van der Waals surface area contributed by atoms with Crippen molar-refractivity contribution in [2.75, 3.05) is 19.0 Å². The smallest absolute Gasteiger partial charge is 0.338 e. The van der Waals surface area contributed by atoms with Gasteiger partial charge < -0.3 is 20.3 Å². The van der Waals surface area contributed by atoms with Crippen LogP contribution in [0, 0.1) is 11.8 Å². The molecule has 3 rings (SSSR count). The lowest BCUT2D eigenvalue weighted by molar-refractivity contribution is -0.140. The van der Waals surface area contributed by atoms with E-state index < -0.39 is 6.04 Å². The summed E-state index contributed by atoms with van der Waals surface area (Å²) in [5.74, 6) is 0.0608. The largest absolute Gasteiger partial charge is 0.462 e. The second kappa shape index (κ2) is 8.95. The minimum Gasteiger partial charge on any atom is -0.462 e. The molecule has 0 bridgehead atoms. The number of carbonyl (C=O) groups excluding carboxylic acids is 2. The number of esters is 1. The summed E-state index contributed by atoms with van der Waals surface area (Å²) in [5, 5.41) is 6.78. The number of allylic oxidation sites excluding steroid dienone is 1. The highest BCUT2D eigenvalue weighted by molar-refractivity contribution is 7.80. The normalized spacial score (nSPS) is 19.7. The van der Waals surface area contributed by atoms with Gasteiger partial charge in [-0.25, -0.2) is 4.79 Å². The number of anilines is 1. The zero-order chi connectivity index (χ0) is 21.1. The van der Waals surface area contributed by atoms with Crippen molar-refractivity contribution in [3.63, 3.8) is 0 Å². The van der Waals surface area contributed by atoms with E-state index in [1.807, 2.05) is 52.1 Å². The number of nitrogens with zero attached hydrogens (tertiary/aromatic N) is 1. The summed E-state index contributed by atoms with van der Waals surface area (Å²) in [5.41, 5.74) is 2.86. The number of amides is 1. The molecule has 0 saturated heterocycles. The first-order valence-electron chi connectivity index (χ1n) is 10.1. The second-order valence-corrected chi connectivity index (χ2v) is 8.56. The van der Waals surface area contributed by atoms with Gasteiger partial charge in [-0.1, -0.05) is 32.4 Å². The summed E-state index contributed by atoms with van der Waals surface area (Å²) in [6, 6.07) is 7.12. The van der Waals surface area contributed by atoms with Gasteiger partial charge in [-0.05, 0) is 55.6 Å². The van der Waals surface area contributed by atoms with Crippen LogP contribution in [0.25, 0.3) is 0 Å². The van der Waals surface area contributed by atoms with Gasteiger partial charge in [-0.2, -0.15) is 0 Å². The van der Waals surface area contributed by atoms with E-state index >= 15 is 0 Å². The van der Waals surface area contributed by atoms with Crippen LogP contribution in [0.3, 0.4) is 0 Å². The Morgan fingerprint density at radius 3 is 2.69 bits per heavy atom. The van der Waals surface area contributed by atoms with Crippen LogP contribution in [0.15, 0.2) is 35.5 Å². The molecule has 0 aromatic heterocycles. The van der Waals surface area contributed by atoms with E-state index in [0.717, 1.165) is 36.2 Å². The maximum absolute atomic E-state index is 12.9. The molecule has 1 aromatic rings. The van der Waals surface area contributed by atoms with Crippen LogP contribution in [-0.4, -0.2) is 35.5 Å². The number of carbonyl (C=O) groups is 2. The third-order valence-corrected chi connectivity index (χ3v) is 5.88. The lowest BCUT2D eigenvalue weighted by Crippen LogP contribution is -2.46. The van der Waals surface area contributed by atoms with Crippen molar-refractivity contribution in [1.82, 2.24) is 10.2 Å². The first-order chi connectivity index (χ1) is 13.8. The molecule has 2 N–H and O–H groups in total. The molecule has 1 amide bonds. The van der Waals surface area contributed by atoms with Gasteiger partial charge in [0.05, 0.1) is 18.2 Å². The fraction of sp³-hybridized carbons (Fsp3) is 0.500. The Kier molecular flexibility index (Phi) is 6.57. The Morgan fingerprint density at radius 1 is 1.34 bits per heavy atom. The second-order valence-electron chi connectivity index (χ2n) is 8.18. The number of hydrogen-bond acceptors (Lipinski definition) is 4. The fourth-order valence-electron chi connectivity index (χ4n) is 3.38. The summed E-state index contributed by atoms with van der Waals surface area (Å²) in [6.45, 7) is 6.23. The summed E-state index contributed by atoms with van der Waals surface area (Å²) in [6.07, 6.45) is 3.01. The van der Waals surface area contributed by atoms with Gasteiger partial charge in [0.25, 0.3) is 0 Å². The molecule has 0 radical (unpaired) electrons. The summed E-state index contributed by atoms with van der Waals surface area (Å²) >= 11 is 5.45. The van der Waals surface area contributed by atoms with E-state index in [2.05, 4.69) is 10.6 Å². The van der Waals surface area contributed by atoms with Crippen LogP contribution in [-0.2, 0) is 14.3 Å². The quantitative estimate of drug-likeness (QED) is 0.545. The number of thiocarbonyl (C=S) groups is 1. The molecule has 2 aliphatic rings. The molecule has 29 heavy (non-hydrogen) atoms. The van der Waals surface area contributed by atoms with Crippen LogP contribution in [0.1, 0.15) is 51.6 Å². The third kappa shape index (κ3) is 4.78. The number of hydrogen-bond donors (Lipinski definition) is 2. The van der Waals surface area contributed by atoms with E-state index in [9.17, 15) is 9.59 Å². The minimum atomic E-state index is -0.432. The number of ether oxygens (including phenoxy) is 1. The van der Waals surface area contributed by atoms with E-state index in [4.69, 9.17) is 17.0 Å². The Morgan fingerprint density at radius 2 is 2.07 bits per heavy atom. The molecule has 7 heteroatoms. The molecule has 1 aliphatic carbocycles. The van der Waals surface area contributed by atoms with Gasteiger partial charge >= 0.3 is 5.97 Å². The topological polar surface area (TPSA) is 70.7 Å². The van der Waals surface area contributed by atoms with Gasteiger partial charge in [0.15, 0.2) is 5.11 Å². The van der Waals surface area contributed by atoms with Crippen LogP contribution in [0.2, 0.25) is 0 Å². The average Bonchev–Trinajstić information content (AvgIpc) is 2.62. The van der Waals surface area contributed by atoms with Crippen LogP contribution in [0.4, 0.5) is 5.69 Å². The molecule has 1 fully saturated rings. The van der Waals surface area contributed by atoms with Gasteiger partial charge in [-0.15, -0.1) is 0 Å². The molecule has 1 saturated carbocycles. The van der Waals surface area contributed by atoms with Crippen molar-refractivity contribution in [2.45, 2.75) is 46.1 Å². The Labute approximate surface area is 177 Å². The standard InChI is InChI=1S/C22H29N3O3S/c1-13(2)12-28-21(27)18-14(3)25(4)22(29)24-19(18)16-9-6-10-17(11-16)23-20(26)15-7-5-8-15/h6,9-11,13,15,19H,5,7-8,12H2,1-4H3,(H,23,26)(H,24,29). The van der Waals surface area contributed by atoms with Crippen molar-refractivity contribution in [3.8, 4) is 0 Å². The number of rotatable bonds is 6. The van der Waals surface area contributed by atoms with Gasteiger partial charge in [0.2, 0.25) is 5.91 Å². The van der Waals surface area contributed by atoms with E-state index in [-0.39, 0.29) is 23.7 Å². The SMILES string of the molecule is CC1=C(C(=O)OCC(C)C)C(c2cccc(NC(=O)C3CCC3)c2)NC(=S)N1C. The Bertz CT molecular complexity index is 845. The maximum Gasteiger partial charge on any atom is 0.338 e. The predicted molar refractivity (Wildman–Crippen MR) is 117 cm³/mol. The first-order valence-corrected chi connectivity index (χ1v) is 10.5. The highest BCUT2D eigenvalue weighted by Gasteiger charge is 2.34. The molecule has 1 aromatic carbocycles. The van der Waals surface area contributed by atoms with Crippen molar-refractivity contribution >= 4 is 34.9 Å². The summed E-state index contributed by atoms with van der Waals surface area (Å²) in [7, 11) is 1.83. The molecule has 0 spiro atoms. The van der Waals surface area contributed by atoms with Crippen molar-refractivity contribution in [2.24, 2.45) is 11.8 Å². The van der Waals surface area contributed by atoms with E-state index in [1.165, 1.54) is 0 Å². The molecule has 1 atom stereocenters. The van der Waals surface area contributed by atoms with Crippen LogP contribution < -0.4 is 10.6 Å². The summed E-state index contributed by atoms with van der Waals surface area (Å²) < 4.78 is 5.52. The number of benzene rings is 1. The highest BCUT2D eigenvalue weighted by Crippen LogP contribution is 2.33. The van der Waals surface area contributed by atoms with Crippen LogP contribution >= 0.6 is 12.2 Å². The molecule has 1 heterocycles. The highest BCUT2D eigenvalue weighted by atomic mass is 32.1. The first kappa shape index (κ1) is 21.3. The molecule has 1 unspecified atom stereocenters. The van der Waals surface area contributed by atoms with Gasteiger partial charge in [0.1, 0.15) is 0 Å². The lowest BCUT2D eigenvalue weighted by atomic mass is 9.85. The fourth-order valence-corrected chi connectivity index (χ4v) is 3.64. The Balaban J connectivity index is 1.87. The van der Waals surface area contributed by atoms with Gasteiger partial charge in [-0.3, -0.25) is 4.79 Å². The van der Waals surface area contributed by atoms with E-state index in [0.29, 0.717) is 17.3 Å². The lowest BCUT2D eigenvalue weighted by Gasteiger charge is -2.35. The molecular weight excluding hydrogens is 386 g/mol. The molecule has 156 valence electrons. The summed E-state index contributed by atoms with van der Waals surface area (Å²) in [4.78, 5) is 27.0. The Hall–Kier alpha value is -2.41. The molecule has 6 nitrogen and oxygen atoms in total. The average molecular weight is 416 g/mol. The van der Waals surface area contributed by atoms with Crippen molar-refractivity contribution < 1.29 is 14.3 Å². The molecule has 1 aliphatic heterocycles. The minimum absolute atomic E-state index is 0.0588. The monoisotopic (exact) mass is 415 g/mol.